The van der Waals surface area contributed by atoms with Crippen LogP contribution in [0.5, 0.6) is 0 Å². The molecule has 0 atom stereocenters. The van der Waals surface area contributed by atoms with Gasteiger partial charge in [-0.25, -0.2) is 9.29 Å². The summed E-state index contributed by atoms with van der Waals surface area (Å²) in [6, 6.07) is 4.00. The molecule has 2 amide bonds. The predicted octanol–water partition coefficient (Wildman–Crippen LogP) is 1.46. The molecule has 20 heavy (non-hydrogen) atoms. The van der Waals surface area contributed by atoms with Gasteiger partial charge in [-0.15, -0.1) is 0 Å². The number of nitrogens with zero attached hydrogens (tertiary/aromatic N) is 1. The molecule has 0 aromatic heterocycles. The second kappa shape index (κ2) is 5.06. The molecule has 1 aromatic carbocycles. The third-order valence-corrected chi connectivity index (χ3v) is 3.12. The van der Waals surface area contributed by atoms with Crippen LogP contribution in [0.15, 0.2) is 18.2 Å². The number of carbonyl (C=O) groups is 2. The van der Waals surface area contributed by atoms with Gasteiger partial charge in [0.2, 0.25) is 11.8 Å². The molecule has 0 saturated carbocycles. The predicted molar refractivity (Wildman–Crippen MR) is 71.3 cm³/mol. The van der Waals surface area contributed by atoms with E-state index in [1.54, 1.807) is 13.8 Å². The summed E-state index contributed by atoms with van der Waals surface area (Å²) in [4.78, 5) is 24.9. The van der Waals surface area contributed by atoms with E-state index in [2.05, 4.69) is 11.8 Å². The van der Waals surface area contributed by atoms with E-state index in [0.717, 1.165) is 11.0 Å². The summed E-state index contributed by atoms with van der Waals surface area (Å²) in [5.41, 5.74) is -0.488. The van der Waals surface area contributed by atoms with Gasteiger partial charge in [0, 0.05) is 12.0 Å². The summed E-state index contributed by atoms with van der Waals surface area (Å²) in [6.07, 6.45) is 0.0668. The van der Waals surface area contributed by atoms with E-state index in [0.29, 0.717) is 5.56 Å². The fraction of sp³-hybridized carbons (Fsp3) is 0.333. The molecule has 2 rings (SSSR count). The van der Waals surface area contributed by atoms with Crippen LogP contribution in [0.25, 0.3) is 0 Å². The average Bonchev–Trinajstić information content (AvgIpc) is 2.57. The number of aliphatic hydroxyl groups is 1. The summed E-state index contributed by atoms with van der Waals surface area (Å²) >= 11 is 0. The van der Waals surface area contributed by atoms with Crippen LogP contribution in [-0.2, 0) is 9.59 Å². The molecule has 0 aliphatic carbocycles. The van der Waals surface area contributed by atoms with E-state index in [1.165, 1.54) is 12.1 Å². The van der Waals surface area contributed by atoms with Gasteiger partial charge in [-0.1, -0.05) is 25.7 Å². The molecule has 1 aromatic rings. The van der Waals surface area contributed by atoms with Gasteiger partial charge in [0.1, 0.15) is 12.4 Å². The molecule has 104 valence electrons. The SMILES string of the molecule is CC1(C)CC(=O)N(c2ccc(C#CCO)cc2F)C1=O. The molecule has 1 aliphatic rings. The van der Waals surface area contributed by atoms with Gasteiger partial charge in [0.25, 0.3) is 0 Å². The van der Waals surface area contributed by atoms with Crippen molar-refractivity contribution in [3.8, 4) is 11.8 Å². The highest BCUT2D eigenvalue weighted by Crippen LogP contribution is 2.36. The lowest BCUT2D eigenvalue weighted by Crippen LogP contribution is -2.33. The zero-order chi connectivity index (χ0) is 14.9. The highest BCUT2D eigenvalue weighted by molar-refractivity contribution is 6.22. The maximum absolute atomic E-state index is 14.1. The fourth-order valence-corrected chi connectivity index (χ4v) is 2.10. The third kappa shape index (κ3) is 2.43. The van der Waals surface area contributed by atoms with E-state index in [-0.39, 0.29) is 18.7 Å². The van der Waals surface area contributed by atoms with Crippen LogP contribution in [0, 0.1) is 23.1 Å². The van der Waals surface area contributed by atoms with Crippen molar-refractivity contribution in [2.75, 3.05) is 11.5 Å². The Hall–Kier alpha value is -2.19. The van der Waals surface area contributed by atoms with Crippen LogP contribution in [-0.4, -0.2) is 23.5 Å². The van der Waals surface area contributed by atoms with Crippen LogP contribution < -0.4 is 4.90 Å². The smallest absolute Gasteiger partial charge is 0.240 e. The van der Waals surface area contributed by atoms with Crippen molar-refractivity contribution < 1.29 is 19.1 Å². The Bertz CT molecular complexity index is 640. The maximum atomic E-state index is 14.1. The number of anilines is 1. The second-order valence-corrected chi connectivity index (χ2v) is 5.22. The third-order valence-electron chi connectivity index (χ3n) is 3.12. The minimum Gasteiger partial charge on any atom is -0.384 e. The second-order valence-electron chi connectivity index (χ2n) is 5.22. The first-order chi connectivity index (χ1) is 9.36. The zero-order valence-corrected chi connectivity index (χ0v) is 11.2. The van der Waals surface area contributed by atoms with Crippen molar-refractivity contribution in [1.82, 2.24) is 0 Å². The first kappa shape index (κ1) is 14.2. The van der Waals surface area contributed by atoms with Crippen LogP contribution >= 0.6 is 0 Å². The number of imide groups is 1. The van der Waals surface area contributed by atoms with Crippen LogP contribution in [0.3, 0.4) is 0 Å². The van der Waals surface area contributed by atoms with Crippen molar-refractivity contribution in [2.45, 2.75) is 20.3 Å². The minimum atomic E-state index is -0.807. The monoisotopic (exact) mass is 275 g/mol. The number of halogens is 1. The summed E-state index contributed by atoms with van der Waals surface area (Å²) in [5.74, 6) is 3.46. The number of benzene rings is 1. The van der Waals surface area contributed by atoms with Gasteiger partial charge < -0.3 is 5.11 Å². The Morgan fingerprint density at radius 3 is 2.60 bits per heavy atom. The van der Waals surface area contributed by atoms with E-state index in [9.17, 15) is 14.0 Å². The van der Waals surface area contributed by atoms with E-state index < -0.39 is 23.0 Å². The standard InChI is InChI=1S/C15H14FNO3/c1-15(2)9-13(19)17(14(15)20)12-6-5-10(4-3-7-18)8-11(12)16/h5-6,8,18H,7,9H2,1-2H3. The van der Waals surface area contributed by atoms with Gasteiger partial charge in [0.15, 0.2) is 0 Å². The van der Waals surface area contributed by atoms with Crippen LogP contribution in [0.2, 0.25) is 0 Å². The average molecular weight is 275 g/mol. The molecule has 1 aliphatic heterocycles. The number of aliphatic hydroxyl groups excluding tert-OH is 1. The first-order valence-corrected chi connectivity index (χ1v) is 6.13. The minimum absolute atomic E-state index is 0.0554. The number of rotatable bonds is 1. The molecule has 5 heteroatoms. The lowest BCUT2D eigenvalue weighted by molar-refractivity contribution is -0.124. The molecular weight excluding hydrogens is 261 g/mol. The first-order valence-electron chi connectivity index (χ1n) is 6.13. The molecule has 0 unspecified atom stereocenters. The lowest BCUT2D eigenvalue weighted by Gasteiger charge is -2.18. The number of amides is 2. The van der Waals surface area contributed by atoms with Gasteiger partial charge >= 0.3 is 0 Å². The molecule has 1 N–H and O–H groups in total. The van der Waals surface area contributed by atoms with Crippen molar-refractivity contribution in [3.05, 3.63) is 29.6 Å². The van der Waals surface area contributed by atoms with Gasteiger partial charge in [-0.05, 0) is 18.2 Å². The van der Waals surface area contributed by atoms with Crippen molar-refractivity contribution in [3.63, 3.8) is 0 Å². The Balaban J connectivity index is 2.39. The Morgan fingerprint density at radius 1 is 1.40 bits per heavy atom. The Morgan fingerprint density at radius 2 is 2.10 bits per heavy atom. The molecule has 1 heterocycles. The van der Waals surface area contributed by atoms with Crippen molar-refractivity contribution in [1.29, 1.82) is 0 Å². The Labute approximate surface area is 116 Å². The number of hydrogen-bond acceptors (Lipinski definition) is 3. The van der Waals surface area contributed by atoms with E-state index in [4.69, 9.17) is 5.11 Å². The Kier molecular flexibility index (Phi) is 3.60. The molecular formula is C15H14FNO3. The summed E-state index contributed by atoms with van der Waals surface area (Å²) in [6.45, 7) is 3.00. The summed E-state index contributed by atoms with van der Waals surface area (Å²) in [7, 11) is 0. The van der Waals surface area contributed by atoms with Gasteiger partial charge in [0.05, 0.1) is 11.1 Å². The summed E-state index contributed by atoms with van der Waals surface area (Å²) < 4.78 is 14.1. The van der Waals surface area contributed by atoms with E-state index >= 15 is 0 Å². The fourth-order valence-electron chi connectivity index (χ4n) is 2.10. The molecule has 0 spiro atoms. The lowest BCUT2D eigenvalue weighted by atomic mass is 9.92. The normalized spacial score (nSPS) is 17.1. The highest BCUT2D eigenvalue weighted by atomic mass is 19.1. The van der Waals surface area contributed by atoms with Gasteiger partial charge in [-0.3, -0.25) is 9.59 Å². The molecule has 0 radical (unpaired) electrons. The molecule has 0 bridgehead atoms. The quantitative estimate of drug-likeness (QED) is 0.623. The zero-order valence-electron chi connectivity index (χ0n) is 11.2. The van der Waals surface area contributed by atoms with Crippen molar-refractivity contribution >= 4 is 17.5 Å². The number of hydrogen-bond donors (Lipinski definition) is 1. The molecule has 1 saturated heterocycles. The summed E-state index contributed by atoms with van der Waals surface area (Å²) in [5, 5.41) is 8.59. The van der Waals surface area contributed by atoms with Crippen molar-refractivity contribution in [2.24, 2.45) is 5.41 Å². The van der Waals surface area contributed by atoms with Crippen LogP contribution in [0.1, 0.15) is 25.8 Å². The largest absolute Gasteiger partial charge is 0.384 e. The highest BCUT2D eigenvalue weighted by Gasteiger charge is 2.46. The molecule has 4 nitrogen and oxygen atoms in total. The van der Waals surface area contributed by atoms with Crippen LogP contribution in [0.4, 0.5) is 10.1 Å². The van der Waals surface area contributed by atoms with E-state index in [1.807, 2.05) is 0 Å². The maximum Gasteiger partial charge on any atom is 0.240 e. The topological polar surface area (TPSA) is 57.6 Å². The molecule has 1 fully saturated rings. The van der Waals surface area contributed by atoms with Gasteiger partial charge in [-0.2, -0.15) is 0 Å². The number of carbonyl (C=O) groups excluding carboxylic acids is 2.